The van der Waals surface area contributed by atoms with E-state index in [1.807, 2.05) is 13.0 Å². The van der Waals surface area contributed by atoms with Gasteiger partial charge in [0.2, 0.25) is 5.91 Å². The number of ether oxygens (including phenoxy) is 1. The van der Waals surface area contributed by atoms with Crippen molar-refractivity contribution < 1.29 is 14.3 Å². The molecule has 3 rings (SSSR count). The van der Waals surface area contributed by atoms with Crippen molar-refractivity contribution >= 4 is 39.1 Å². The molecule has 2 aromatic heterocycles. The van der Waals surface area contributed by atoms with Crippen molar-refractivity contribution in [3.8, 4) is 0 Å². The summed E-state index contributed by atoms with van der Waals surface area (Å²) in [5.74, 6) is -0.839. The zero-order valence-electron chi connectivity index (χ0n) is 15.0. The third-order valence-electron chi connectivity index (χ3n) is 3.89. The summed E-state index contributed by atoms with van der Waals surface area (Å²) in [6.07, 6.45) is 2.22. The molecule has 8 heteroatoms. The molecular formula is C19H19N3O4S. The summed E-state index contributed by atoms with van der Waals surface area (Å²) >= 11 is 1.48. The number of carbonyl (C=O) groups is 2. The summed E-state index contributed by atoms with van der Waals surface area (Å²) < 4.78 is 6.22. The molecule has 1 N–H and O–H groups in total. The van der Waals surface area contributed by atoms with Gasteiger partial charge in [-0.05, 0) is 37.6 Å². The van der Waals surface area contributed by atoms with Crippen LogP contribution >= 0.6 is 11.3 Å². The second-order valence-corrected chi connectivity index (χ2v) is 6.93. The van der Waals surface area contributed by atoms with Crippen LogP contribution in [0.2, 0.25) is 0 Å². The molecule has 1 amide bonds. The summed E-state index contributed by atoms with van der Waals surface area (Å²) in [4.78, 5) is 42.7. The van der Waals surface area contributed by atoms with E-state index in [0.29, 0.717) is 21.5 Å². The Morgan fingerprint density at radius 2 is 2.07 bits per heavy atom. The highest BCUT2D eigenvalue weighted by atomic mass is 32.1. The van der Waals surface area contributed by atoms with Crippen LogP contribution in [-0.4, -0.2) is 28.0 Å². The van der Waals surface area contributed by atoms with Crippen molar-refractivity contribution in [1.29, 1.82) is 0 Å². The van der Waals surface area contributed by atoms with Gasteiger partial charge in [0.1, 0.15) is 11.4 Å². The third-order valence-corrected chi connectivity index (χ3v) is 5.08. The fourth-order valence-corrected chi connectivity index (χ4v) is 3.52. The third kappa shape index (κ3) is 4.22. The molecule has 27 heavy (non-hydrogen) atoms. The van der Waals surface area contributed by atoms with Gasteiger partial charge in [-0.2, -0.15) is 0 Å². The number of nitrogens with zero attached hydrogens (tertiary/aromatic N) is 2. The van der Waals surface area contributed by atoms with Gasteiger partial charge in [-0.3, -0.25) is 14.2 Å². The van der Waals surface area contributed by atoms with Gasteiger partial charge >= 0.3 is 5.97 Å². The van der Waals surface area contributed by atoms with E-state index in [2.05, 4.69) is 10.3 Å². The maximum atomic E-state index is 12.5. The second kappa shape index (κ2) is 8.13. The molecule has 0 saturated carbocycles. The Morgan fingerprint density at radius 1 is 1.26 bits per heavy atom. The summed E-state index contributed by atoms with van der Waals surface area (Å²) in [7, 11) is 0. The molecule has 140 valence electrons. The number of carbonyl (C=O) groups excluding carboxylic acids is 2. The predicted octanol–water partition coefficient (Wildman–Crippen LogP) is 2.84. The highest BCUT2D eigenvalue weighted by Gasteiger charge is 2.12. The van der Waals surface area contributed by atoms with Crippen LogP contribution in [0.5, 0.6) is 0 Å². The minimum absolute atomic E-state index is 0.164. The van der Waals surface area contributed by atoms with Crippen LogP contribution in [0.15, 0.2) is 41.5 Å². The minimum atomic E-state index is -0.455. The molecule has 0 unspecified atom stereocenters. The van der Waals surface area contributed by atoms with Gasteiger partial charge < -0.3 is 10.1 Å². The van der Waals surface area contributed by atoms with Crippen LogP contribution in [0, 0.1) is 0 Å². The number of thiophene rings is 1. The number of fused-ring (bicyclic) bond motifs is 1. The Balaban J connectivity index is 1.75. The Bertz CT molecular complexity index is 1050. The van der Waals surface area contributed by atoms with E-state index in [9.17, 15) is 14.4 Å². The number of amides is 1. The summed E-state index contributed by atoms with van der Waals surface area (Å²) in [6.45, 7) is 3.85. The maximum Gasteiger partial charge on any atom is 0.338 e. The molecule has 0 aliphatic rings. The van der Waals surface area contributed by atoms with Gasteiger partial charge in [0, 0.05) is 10.6 Å². The van der Waals surface area contributed by atoms with Crippen LogP contribution in [-0.2, 0) is 22.5 Å². The van der Waals surface area contributed by atoms with Gasteiger partial charge in [-0.25, -0.2) is 9.78 Å². The first kappa shape index (κ1) is 18.8. The smallest absolute Gasteiger partial charge is 0.338 e. The second-order valence-electron chi connectivity index (χ2n) is 5.81. The van der Waals surface area contributed by atoms with Crippen molar-refractivity contribution in [2.24, 2.45) is 0 Å². The number of aromatic nitrogens is 2. The van der Waals surface area contributed by atoms with Crippen LogP contribution in [0.1, 0.15) is 29.1 Å². The molecule has 0 saturated heterocycles. The topological polar surface area (TPSA) is 90.3 Å². The van der Waals surface area contributed by atoms with Gasteiger partial charge in [-0.1, -0.05) is 13.0 Å². The number of anilines is 1. The maximum absolute atomic E-state index is 12.5. The van der Waals surface area contributed by atoms with E-state index >= 15 is 0 Å². The molecule has 0 aliphatic carbocycles. The Hall–Kier alpha value is -3.00. The average molecular weight is 385 g/mol. The van der Waals surface area contributed by atoms with Crippen molar-refractivity contribution in [2.75, 3.05) is 11.9 Å². The Kier molecular flexibility index (Phi) is 5.66. The van der Waals surface area contributed by atoms with Gasteiger partial charge in [0.05, 0.1) is 23.9 Å². The fourth-order valence-electron chi connectivity index (χ4n) is 2.59. The fraction of sp³-hybridized carbons (Fsp3) is 0.263. The molecule has 7 nitrogen and oxygen atoms in total. The van der Waals surface area contributed by atoms with E-state index in [0.717, 1.165) is 11.3 Å². The monoisotopic (exact) mass is 385 g/mol. The van der Waals surface area contributed by atoms with Gasteiger partial charge in [0.25, 0.3) is 5.56 Å². The zero-order valence-corrected chi connectivity index (χ0v) is 15.8. The number of esters is 1. The number of rotatable bonds is 6. The Labute approximate surface area is 159 Å². The zero-order chi connectivity index (χ0) is 19.4. The van der Waals surface area contributed by atoms with Gasteiger partial charge in [-0.15, -0.1) is 11.3 Å². The largest absolute Gasteiger partial charge is 0.462 e. The molecule has 1 aromatic carbocycles. The first-order chi connectivity index (χ1) is 13.0. The molecule has 2 heterocycles. The lowest BCUT2D eigenvalue weighted by molar-refractivity contribution is -0.116. The van der Waals surface area contributed by atoms with Crippen molar-refractivity contribution in [3.05, 3.63) is 57.5 Å². The molecule has 0 bridgehead atoms. The van der Waals surface area contributed by atoms with Crippen molar-refractivity contribution in [2.45, 2.75) is 26.8 Å². The van der Waals surface area contributed by atoms with E-state index in [-0.39, 0.29) is 24.6 Å². The lowest BCUT2D eigenvalue weighted by atomic mass is 10.2. The Morgan fingerprint density at radius 3 is 2.81 bits per heavy atom. The number of benzene rings is 1. The highest BCUT2D eigenvalue weighted by Crippen LogP contribution is 2.21. The quantitative estimate of drug-likeness (QED) is 0.659. The predicted molar refractivity (Wildman–Crippen MR) is 104 cm³/mol. The number of hydrogen-bond acceptors (Lipinski definition) is 6. The summed E-state index contributed by atoms with van der Waals surface area (Å²) in [5.41, 5.74) is 0.558. The van der Waals surface area contributed by atoms with Crippen molar-refractivity contribution in [3.63, 3.8) is 0 Å². The van der Waals surface area contributed by atoms with Crippen molar-refractivity contribution in [1.82, 2.24) is 9.55 Å². The van der Waals surface area contributed by atoms with E-state index in [4.69, 9.17) is 4.74 Å². The minimum Gasteiger partial charge on any atom is -0.462 e. The van der Waals surface area contributed by atoms with Gasteiger partial charge in [0.15, 0.2) is 0 Å². The molecule has 0 spiro atoms. The van der Waals surface area contributed by atoms with E-state index in [1.165, 1.54) is 28.3 Å². The summed E-state index contributed by atoms with van der Waals surface area (Å²) in [5, 5.41) is 3.21. The van der Waals surface area contributed by atoms with E-state index in [1.54, 1.807) is 25.1 Å². The first-order valence-electron chi connectivity index (χ1n) is 8.56. The molecule has 0 fully saturated rings. The molecule has 0 aliphatic heterocycles. The molecule has 3 aromatic rings. The SMILES string of the molecule is CCOC(=O)c1cccc(NC(=O)Cn2cnc3sc(CC)cc3c2=O)c1. The first-order valence-corrected chi connectivity index (χ1v) is 9.38. The highest BCUT2D eigenvalue weighted by molar-refractivity contribution is 7.18. The van der Waals surface area contributed by atoms with E-state index < -0.39 is 5.97 Å². The van der Waals surface area contributed by atoms with Crippen LogP contribution in [0.4, 0.5) is 5.69 Å². The van der Waals surface area contributed by atoms with Crippen LogP contribution in [0.25, 0.3) is 10.2 Å². The van der Waals surface area contributed by atoms with Crippen LogP contribution in [0.3, 0.4) is 0 Å². The average Bonchev–Trinajstić information content (AvgIpc) is 3.09. The number of nitrogens with one attached hydrogen (secondary N) is 1. The number of aryl methyl sites for hydroxylation is 1. The standard InChI is InChI=1S/C19H19N3O4S/c1-3-14-9-15-17(27-14)20-11-22(18(15)24)10-16(23)21-13-7-5-6-12(8-13)19(25)26-4-2/h5-9,11H,3-4,10H2,1-2H3,(H,21,23). The van der Waals surface area contributed by atoms with Crippen LogP contribution < -0.4 is 10.9 Å². The number of hydrogen-bond donors (Lipinski definition) is 1. The summed E-state index contributed by atoms with van der Waals surface area (Å²) in [6, 6.07) is 8.29. The normalized spacial score (nSPS) is 10.7. The lowest BCUT2D eigenvalue weighted by Crippen LogP contribution is -2.27. The molecule has 0 atom stereocenters. The molecule has 0 radical (unpaired) electrons. The lowest BCUT2D eigenvalue weighted by Gasteiger charge is -2.08. The molecular weight excluding hydrogens is 366 g/mol.